The predicted octanol–water partition coefficient (Wildman–Crippen LogP) is 17.8. The summed E-state index contributed by atoms with van der Waals surface area (Å²) >= 11 is 0. The summed E-state index contributed by atoms with van der Waals surface area (Å²) in [6.07, 6.45) is 3.16. The second kappa shape index (κ2) is 15.7. The number of pyridine rings is 1. The van der Waals surface area contributed by atoms with E-state index in [1.807, 2.05) is 6.20 Å². The van der Waals surface area contributed by atoms with E-state index in [2.05, 4.69) is 223 Å². The van der Waals surface area contributed by atoms with Crippen LogP contribution in [0.3, 0.4) is 0 Å². The summed E-state index contributed by atoms with van der Waals surface area (Å²) in [5.74, 6) is 1.34. The van der Waals surface area contributed by atoms with Gasteiger partial charge in [-0.25, -0.2) is 4.98 Å². The fraction of sp³-hybridized carbons (Fsp3) is 0.333. The van der Waals surface area contributed by atoms with Crippen LogP contribution in [-0.4, -0.2) is 14.5 Å². The van der Waals surface area contributed by atoms with Crippen LogP contribution in [0.2, 0.25) is 0 Å². The third-order valence-electron chi connectivity index (χ3n) is 14.7. The van der Waals surface area contributed by atoms with Crippen LogP contribution in [-0.2, 0) is 21.7 Å². The fourth-order valence-corrected chi connectivity index (χ4v) is 11.1. The Labute approximate surface area is 398 Å². The fourth-order valence-electron chi connectivity index (χ4n) is 11.1. The summed E-state index contributed by atoms with van der Waals surface area (Å²) < 4.78 is 9.42. The number of fused-ring (bicyclic) bond motifs is 5. The molecule has 4 nitrogen and oxygen atoms in total. The molecule has 3 heterocycles. The first-order chi connectivity index (χ1) is 31.6. The molecule has 0 fully saturated rings. The molecule has 4 heteroatoms. The minimum atomic E-state index is -0.00464. The topological polar surface area (TPSA) is 43.9 Å². The normalized spacial score (nSPS) is 14.9. The van der Waals surface area contributed by atoms with Crippen LogP contribution in [0.5, 0.6) is 0 Å². The van der Waals surface area contributed by atoms with Crippen molar-refractivity contribution in [2.75, 3.05) is 0 Å². The number of benzene rings is 6. The molecule has 3 aromatic heterocycles. The maximum Gasteiger partial charge on any atom is 0.149 e. The molecular weight excluding hydrogens is 815 g/mol. The first-order valence-corrected chi connectivity index (χ1v) is 24.5. The summed E-state index contributed by atoms with van der Waals surface area (Å²) in [4.78, 5) is 10.6. The summed E-state index contributed by atoms with van der Waals surface area (Å²) in [6.45, 7) is 32.5. The highest BCUT2D eigenvalue weighted by molar-refractivity contribution is 6.10. The molecule has 0 saturated heterocycles. The summed E-state index contributed by atoms with van der Waals surface area (Å²) in [5, 5.41) is 2.03. The molecule has 0 spiro atoms. The van der Waals surface area contributed by atoms with Crippen molar-refractivity contribution in [3.05, 3.63) is 161 Å². The molecule has 0 radical (unpaired) electrons. The molecule has 67 heavy (non-hydrogen) atoms. The molecule has 10 rings (SSSR count). The van der Waals surface area contributed by atoms with Crippen LogP contribution in [0.25, 0.3) is 83.6 Å². The number of hydrogen-bond acceptors (Lipinski definition) is 3. The van der Waals surface area contributed by atoms with Crippen molar-refractivity contribution in [2.24, 2.45) is 0 Å². The molecule has 6 aromatic carbocycles. The Balaban J connectivity index is 1.10. The Morgan fingerprint density at radius 2 is 1.16 bits per heavy atom. The van der Waals surface area contributed by atoms with Gasteiger partial charge < -0.3 is 4.42 Å². The Bertz CT molecular complexity index is 3330. The SMILES string of the molecule is CC(C)c1cc(-c2ccc(-c3ccc4c(c3)C(C)(C)CC4(C)C)cc2)cc(C(C)C)c1-n1c(-c2cccc3c2oc2cc(-c4cc(C(C)(C)C)cc(C(C)(C)C)c4)ncc23)nc2ccccc21. The predicted molar refractivity (Wildman–Crippen MR) is 284 cm³/mol. The summed E-state index contributed by atoms with van der Waals surface area (Å²) in [7, 11) is 0. The molecule has 0 saturated carbocycles. The second-order valence-corrected chi connectivity index (χ2v) is 23.5. The van der Waals surface area contributed by atoms with E-state index in [9.17, 15) is 0 Å². The van der Waals surface area contributed by atoms with E-state index >= 15 is 0 Å². The third kappa shape index (κ3) is 7.71. The van der Waals surface area contributed by atoms with E-state index in [1.54, 1.807) is 0 Å². The monoisotopic (exact) mass is 882 g/mol. The zero-order valence-electron chi connectivity index (χ0n) is 42.2. The first kappa shape index (κ1) is 44.6. The van der Waals surface area contributed by atoms with Gasteiger partial charge in [0.25, 0.3) is 0 Å². The number of nitrogens with zero attached hydrogens (tertiary/aromatic N) is 3. The number of para-hydroxylation sites is 3. The smallest absolute Gasteiger partial charge is 0.149 e. The van der Waals surface area contributed by atoms with Crippen LogP contribution < -0.4 is 0 Å². The second-order valence-electron chi connectivity index (χ2n) is 23.5. The summed E-state index contributed by atoms with van der Waals surface area (Å²) in [6, 6.07) is 45.3. The van der Waals surface area contributed by atoms with Crippen LogP contribution in [0.15, 0.2) is 132 Å². The maximum atomic E-state index is 7.00. The van der Waals surface area contributed by atoms with E-state index in [4.69, 9.17) is 14.4 Å². The molecule has 1 aliphatic rings. The van der Waals surface area contributed by atoms with Gasteiger partial charge in [-0.05, 0) is 138 Å². The number of furan rings is 1. The summed E-state index contributed by atoms with van der Waals surface area (Å²) in [5.41, 5.74) is 21.3. The molecule has 1 aliphatic carbocycles. The van der Waals surface area contributed by atoms with E-state index in [1.165, 1.54) is 67.7 Å². The highest BCUT2D eigenvalue weighted by atomic mass is 16.3. The van der Waals surface area contributed by atoms with Crippen molar-refractivity contribution in [2.45, 2.75) is 137 Å². The van der Waals surface area contributed by atoms with Gasteiger partial charge in [-0.3, -0.25) is 9.55 Å². The van der Waals surface area contributed by atoms with E-state index < -0.39 is 0 Å². The van der Waals surface area contributed by atoms with Crippen molar-refractivity contribution in [1.29, 1.82) is 0 Å². The zero-order valence-corrected chi connectivity index (χ0v) is 42.2. The van der Waals surface area contributed by atoms with Gasteiger partial charge in [-0.2, -0.15) is 0 Å². The molecule has 0 unspecified atom stereocenters. The Morgan fingerprint density at radius 3 is 1.79 bits per heavy atom. The van der Waals surface area contributed by atoms with Gasteiger partial charge in [0.15, 0.2) is 0 Å². The Hall–Kier alpha value is -6.26. The molecule has 9 aromatic rings. The lowest BCUT2D eigenvalue weighted by molar-refractivity contribution is 0.403. The quantitative estimate of drug-likeness (QED) is 0.160. The molecule has 0 bridgehead atoms. The van der Waals surface area contributed by atoms with Crippen molar-refractivity contribution in [1.82, 2.24) is 14.5 Å². The van der Waals surface area contributed by atoms with Crippen molar-refractivity contribution in [3.8, 4) is 50.6 Å². The number of rotatable bonds is 7. The lowest BCUT2D eigenvalue weighted by Gasteiger charge is -2.26. The van der Waals surface area contributed by atoms with E-state index in [-0.39, 0.29) is 33.5 Å². The van der Waals surface area contributed by atoms with Crippen molar-refractivity contribution < 1.29 is 4.42 Å². The van der Waals surface area contributed by atoms with Gasteiger partial charge in [-0.1, -0.05) is 170 Å². The molecule has 0 amide bonds. The van der Waals surface area contributed by atoms with Gasteiger partial charge in [-0.15, -0.1) is 0 Å². The molecular formula is C63H67N3O. The van der Waals surface area contributed by atoms with Crippen LogP contribution >= 0.6 is 0 Å². The number of aromatic nitrogens is 3. The number of imidazole rings is 1. The van der Waals surface area contributed by atoms with Gasteiger partial charge in [0, 0.05) is 28.6 Å². The largest absolute Gasteiger partial charge is 0.455 e. The van der Waals surface area contributed by atoms with Crippen molar-refractivity contribution >= 4 is 33.0 Å². The molecule has 0 aliphatic heterocycles. The average molecular weight is 882 g/mol. The van der Waals surface area contributed by atoms with Gasteiger partial charge in [0.2, 0.25) is 0 Å². The van der Waals surface area contributed by atoms with Crippen molar-refractivity contribution in [3.63, 3.8) is 0 Å². The highest BCUT2D eigenvalue weighted by Crippen LogP contribution is 2.50. The van der Waals surface area contributed by atoms with E-state index in [0.717, 1.165) is 55.6 Å². The highest BCUT2D eigenvalue weighted by Gasteiger charge is 2.41. The third-order valence-corrected chi connectivity index (χ3v) is 14.7. The van der Waals surface area contributed by atoms with Crippen LogP contribution in [0.4, 0.5) is 0 Å². The maximum absolute atomic E-state index is 7.00. The zero-order chi connectivity index (χ0) is 47.5. The lowest BCUT2D eigenvalue weighted by atomic mass is 9.79. The Morgan fingerprint density at radius 1 is 0.567 bits per heavy atom. The molecule has 0 N–H and O–H groups in total. The van der Waals surface area contributed by atoms with Crippen LogP contribution in [0, 0.1) is 0 Å². The first-order valence-electron chi connectivity index (χ1n) is 24.5. The van der Waals surface area contributed by atoms with Gasteiger partial charge in [0.1, 0.15) is 17.0 Å². The number of hydrogen-bond donors (Lipinski definition) is 0. The average Bonchev–Trinajstić information content (AvgIpc) is 3.91. The molecule has 0 atom stereocenters. The van der Waals surface area contributed by atoms with Gasteiger partial charge >= 0.3 is 0 Å². The van der Waals surface area contributed by atoms with Gasteiger partial charge in [0.05, 0.1) is 28.0 Å². The standard InChI is InChI=1S/C63H67N3O/c1-37(2)48-30-42(40-24-22-39(23-25-40)41-26-27-51-52(32-41)63(13,14)36-62(51,11)12)31-49(38(3)4)57(48)66-55-21-16-15-20-53(55)65-59(66)47-19-17-18-46-50-35-64-54(34-56(50)67-58(46)47)43-28-44(60(5,6)7)33-45(29-43)61(8,9)10/h15-35,37-38H,36H2,1-14H3. The lowest BCUT2D eigenvalue weighted by Crippen LogP contribution is -2.17. The van der Waals surface area contributed by atoms with E-state index in [0.29, 0.717) is 0 Å². The minimum absolute atomic E-state index is 0.00464. The van der Waals surface area contributed by atoms with Crippen LogP contribution in [0.1, 0.15) is 149 Å². The minimum Gasteiger partial charge on any atom is -0.455 e. The Kier molecular flexibility index (Phi) is 10.4. The molecule has 340 valence electrons.